The number of carbonyl (C=O) groups is 1. The van der Waals surface area contributed by atoms with Crippen LogP contribution in [0.5, 0.6) is 5.75 Å². The Hall–Kier alpha value is -3.84. The fourth-order valence-corrected chi connectivity index (χ4v) is 3.32. The number of nitrogens with one attached hydrogen (secondary N) is 1. The lowest BCUT2D eigenvalue weighted by molar-refractivity contribution is 0.0335. The summed E-state index contributed by atoms with van der Waals surface area (Å²) in [5.74, 6) is 0.310. The van der Waals surface area contributed by atoms with Gasteiger partial charge in [-0.1, -0.05) is 5.21 Å². The maximum atomic E-state index is 13.2. The number of morpholine rings is 1. The number of carbonyl (C=O) groups excluding carboxylic acids is 1. The standard InChI is InChI=1S/C20H25N9O4/c1-3-32-15-6-4-14(5-7-15)13(2)22-24-20(30)17-16(12-28-8-10-31-11-9-28)23-27-29(17)19-18(21)25-33-26-19/h4-7H,3,8-12H2,1-2H3,(H2,21,25)(H,24,30)/b22-13-. The Balaban J connectivity index is 1.57. The number of benzene rings is 1. The lowest BCUT2D eigenvalue weighted by Crippen LogP contribution is -2.36. The SMILES string of the molecule is CCOc1ccc(/C(C)=N\NC(=O)c2c(CN3CCOCC3)nnn2-c2nonc2N)cc1. The molecule has 1 saturated heterocycles. The number of hydrogen-bond acceptors (Lipinski definition) is 11. The highest BCUT2D eigenvalue weighted by Gasteiger charge is 2.26. The zero-order chi connectivity index (χ0) is 23.2. The third-order valence-corrected chi connectivity index (χ3v) is 5.04. The summed E-state index contributed by atoms with van der Waals surface area (Å²) in [5, 5.41) is 19.8. The molecule has 1 aliphatic heterocycles. The third-order valence-electron chi connectivity index (χ3n) is 5.04. The zero-order valence-corrected chi connectivity index (χ0v) is 18.4. The molecular formula is C20H25N9O4. The van der Waals surface area contributed by atoms with Crippen molar-refractivity contribution in [2.45, 2.75) is 20.4 Å². The predicted molar refractivity (Wildman–Crippen MR) is 117 cm³/mol. The van der Waals surface area contributed by atoms with Crippen LogP contribution in [-0.4, -0.2) is 74.7 Å². The van der Waals surface area contributed by atoms with E-state index in [1.165, 1.54) is 4.68 Å². The quantitative estimate of drug-likeness (QED) is 0.364. The van der Waals surface area contributed by atoms with Crippen LogP contribution in [0.15, 0.2) is 34.0 Å². The molecule has 0 radical (unpaired) electrons. The van der Waals surface area contributed by atoms with Gasteiger partial charge in [0.05, 0.1) is 25.5 Å². The second-order valence-electron chi connectivity index (χ2n) is 7.25. The Morgan fingerprint density at radius 1 is 1.24 bits per heavy atom. The molecule has 0 aliphatic carbocycles. The van der Waals surface area contributed by atoms with Gasteiger partial charge in [-0.05, 0) is 54.0 Å². The van der Waals surface area contributed by atoms with Crippen molar-refractivity contribution in [2.75, 3.05) is 38.6 Å². The maximum Gasteiger partial charge on any atom is 0.292 e. The van der Waals surface area contributed by atoms with Crippen molar-refractivity contribution in [3.63, 3.8) is 0 Å². The molecule has 13 nitrogen and oxygen atoms in total. The Morgan fingerprint density at radius 3 is 2.67 bits per heavy atom. The summed E-state index contributed by atoms with van der Waals surface area (Å²) in [4.78, 5) is 15.3. The molecule has 0 unspecified atom stereocenters. The average Bonchev–Trinajstić information content (AvgIpc) is 3.44. The lowest BCUT2D eigenvalue weighted by atomic mass is 10.1. The summed E-state index contributed by atoms with van der Waals surface area (Å²) in [7, 11) is 0. The van der Waals surface area contributed by atoms with Crippen molar-refractivity contribution < 1.29 is 18.9 Å². The van der Waals surface area contributed by atoms with Gasteiger partial charge in [-0.3, -0.25) is 9.69 Å². The first kappa shape index (κ1) is 22.4. The summed E-state index contributed by atoms with van der Waals surface area (Å²) in [6.45, 7) is 7.36. The predicted octanol–water partition coefficient (Wildman–Crippen LogP) is 0.617. The lowest BCUT2D eigenvalue weighted by Gasteiger charge is -2.25. The van der Waals surface area contributed by atoms with Gasteiger partial charge in [0.15, 0.2) is 5.69 Å². The highest BCUT2D eigenvalue weighted by Crippen LogP contribution is 2.18. The number of nitrogens with zero attached hydrogens (tertiary/aromatic N) is 7. The van der Waals surface area contributed by atoms with Crippen LogP contribution in [0.1, 0.15) is 35.6 Å². The average molecular weight is 455 g/mol. The number of hydrogen-bond donors (Lipinski definition) is 2. The first-order valence-corrected chi connectivity index (χ1v) is 10.5. The van der Waals surface area contributed by atoms with Gasteiger partial charge in [0.1, 0.15) is 11.4 Å². The van der Waals surface area contributed by atoms with E-state index in [1.807, 2.05) is 31.2 Å². The summed E-state index contributed by atoms with van der Waals surface area (Å²) in [5.41, 5.74) is 10.4. The molecule has 33 heavy (non-hydrogen) atoms. The number of nitrogens with two attached hydrogens (primary N) is 1. The third kappa shape index (κ3) is 5.15. The number of hydrazone groups is 1. The van der Waals surface area contributed by atoms with E-state index in [0.29, 0.717) is 37.8 Å². The molecule has 1 aromatic carbocycles. The highest BCUT2D eigenvalue weighted by molar-refractivity contribution is 6.00. The number of anilines is 1. The molecule has 3 N–H and O–H groups in total. The van der Waals surface area contributed by atoms with E-state index in [9.17, 15) is 4.79 Å². The van der Waals surface area contributed by atoms with Crippen molar-refractivity contribution in [2.24, 2.45) is 5.10 Å². The molecule has 0 bridgehead atoms. The van der Waals surface area contributed by atoms with Gasteiger partial charge in [0.25, 0.3) is 5.91 Å². The van der Waals surface area contributed by atoms with Crippen molar-refractivity contribution in [3.8, 4) is 11.6 Å². The monoisotopic (exact) mass is 455 g/mol. The minimum Gasteiger partial charge on any atom is -0.494 e. The molecule has 3 aromatic rings. The van der Waals surface area contributed by atoms with Crippen LogP contribution >= 0.6 is 0 Å². The smallest absolute Gasteiger partial charge is 0.292 e. The van der Waals surface area contributed by atoms with Crippen LogP contribution in [0.4, 0.5) is 5.82 Å². The summed E-state index contributed by atoms with van der Waals surface area (Å²) >= 11 is 0. The van der Waals surface area contributed by atoms with E-state index in [-0.39, 0.29) is 17.3 Å². The first-order valence-electron chi connectivity index (χ1n) is 10.5. The molecule has 2 aromatic heterocycles. The first-order chi connectivity index (χ1) is 16.1. The number of aromatic nitrogens is 5. The molecule has 0 saturated carbocycles. The van der Waals surface area contributed by atoms with Gasteiger partial charge in [0, 0.05) is 19.6 Å². The van der Waals surface area contributed by atoms with Crippen molar-refractivity contribution >= 4 is 17.4 Å². The number of nitrogen functional groups attached to an aromatic ring is 1. The topological polar surface area (TPSA) is 159 Å². The van der Waals surface area contributed by atoms with E-state index in [0.717, 1.165) is 24.4 Å². The normalized spacial score (nSPS) is 14.9. The van der Waals surface area contributed by atoms with Crippen LogP contribution in [0.2, 0.25) is 0 Å². The second-order valence-corrected chi connectivity index (χ2v) is 7.25. The van der Waals surface area contributed by atoms with E-state index < -0.39 is 5.91 Å². The summed E-state index contributed by atoms with van der Waals surface area (Å²) in [6.07, 6.45) is 0. The number of ether oxygens (including phenoxy) is 2. The Labute approximate surface area is 189 Å². The summed E-state index contributed by atoms with van der Waals surface area (Å²) in [6, 6.07) is 7.43. The maximum absolute atomic E-state index is 13.2. The Kier molecular flexibility index (Phi) is 6.90. The van der Waals surface area contributed by atoms with Crippen LogP contribution in [0, 0.1) is 0 Å². The fourth-order valence-electron chi connectivity index (χ4n) is 3.32. The molecule has 13 heteroatoms. The molecule has 1 amide bonds. The van der Waals surface area contributed by atoms with Crippen LogP contribution in [0.25, 0.3) is 5.82 Å². The molecule has 3 heterocycles. The largest absolute Gasteiger partial charge is 0.494 e. The number of amides is 1. The summed E-state index contributed by atoms with van der Waals surface area (Å²) < 4.78 is 16.7. The highest BCUT2D eigenvalue weighted by atomic mass is 16.6. The van der Waals surface area contributed by atoms with E-state index in [4.69, 9.17) is 15.2 Å². The molecule has 1 aliphatic rings. The van der Waals surface area contributed by atoms with Crippen molar-refractivity contribution in [3.05, 3.63) is 41.2 Å². The van der Waals surface area contributed by atoms with Gasteiger partial charge in [-0.25, -0.2) is 10.1 Å². The van der Waals surface area contributed by atoms with Gasteiger partial charge in [0.2, 0.25) is 11.6 Å². The van der Waals surface area contributed by atoms with Crippen molar-refractivity contribution in [1.29, 1.82) is 0 Å². The fraction of sp³-hybridized carbons (Fsp3) is 0.400. The van der Waals surface area contributed by atoms with Crippen LogP contribution < -0.4 is 15.9 Å². The van der Waals surface area contributed by atoms with Crippen LogP contribution in [-0.2, 0) is 11.3 Å². The van der Waals surface area contributed by atoms with Gasteiger partial charge < -0.3 is 15.2 Å². The van der Waals surface area contributed by atoms with Crippen LogP contribution in [0.3, 0.4) is 0 Å². The van der Waals surface area contributed by atoms with Gasteiger partial charge in [-0.2, -0.15) is 9.78 Å². The minimum absolute atomic E-state index is 0.0130. The molecule has 0 spiro atoms. The van der Waals surface area contributed by atoms with Gasteiger partial charge >= 0.3 is 0 Å². The molecule has 174 valence electrons. The van der Waals surface area contributed by atoms with Crippen molar-refractivity contribution in [1.82, 2.24) is 35.6 Å². The van der Waals surface area contributed by atoms with Gasteiger partial charge in [-0.15, -0.1) is 5.10 Å². The van der Waals surface area contributed by atoms with E-state index >= 15 is 0 Å². The zero-order valence-electron chi connectivity index (χ0n) is 18.4. The number of rotatable bonds is 8. The molecule has 1 fully saturated rings. The van der Waals surface area contributed by atoms with E-state index in [1.54, 1.807) is 6.92 Å². The molecular weight excluding hydrogens is 430 g/mol. The van der Waals surface area contributed by atoms with E-state index in [2.05, 4.69) is 40.7 Å². The molecule has 4 rings (SSSR count). The second kappa shape index (κ2) is 10.2. The minimum atomic E-state index is -0.518. The molecule has 0 atom stereocenters. The Bertz CT molecular complexity index is 1120. The Morgan fingerprint density at radius 2 is 2.00 bits per heavy atom.